The summed E-state index contributed by atoms with van der Waals surface area (Å²) in [6, 6.07) is 6.25. The van der Waals surface area contributed by atoms with Crippen molar-refractivity contribution >= 4 is 18.1 Å². The molecule has 0 unspecified atom stereocenters. The van der Waals surface area contributed by atoms with Gasteiger partial charge in [0.15, 0.2) is 4.77 Å². The highest BCUT2D eigenvalue weighted by Gasteiger charge is 2.14. The smallest absolute Gasteiger partial charge is 0.252 e. The second-order valence-corrected chi connectivity index (χ2v) is 5.20. The first kappa shape index (κ1) is 17.7. The van der Waals surface area contributed by atoms with E-state index in [-0.39, 0.29) is 24.5 Å². The number of aromatic amines is 1. The van der Waals surface area contributed by atoms with Gasteiger partial charge < -0.3 is 24.9 Å². The number of hydrogen-bond acceptors (Lipinski definition) is 6. The Labute approximate surface area is 142 Å². The van der Waals surface area contributed by atoms with Gasteiger partial charge in [0.2, 0.25) is 5.91 Å². The van der Waals surface area contributed by atoms with E-state index in [0.29, 0.717) is 22.8 Å². The first-order valence-corrected chi connectivity index (χ1v) is 7.41. The lowest BCUT2D eigenvalue weighted by atomic mass is 10.1. The van der Waals surface area contributed by atoms with E-state index >= 15 is 0 Å². The van der Waals surface area contributed by atoms with Crippen LogP contribution in [0.25, 0.3) is 11.3 Å². The van der Waals surface area contributed by atoms with Crippen LogP contribution in [0.2, 0.25) is 0 Å². The van der Waals surface area contributed by atoms with Gasteiger partial charge in [-0.3, -0.25) is 14.6 Å². The van der Waals surface area contributed by atoms with Crippen LogP contribution in [0, 0.1) is 4.77 Å². The van der Waals surface area contributed by atoms with Crippen molar-refractivity contribution in [3.05, 3.63) is 39.4 Å². The van der Waals surface area contributed by atoms with Gasteiger partial charge in [-0.15, -0.1) is 0 Å². The van der Waals surface area contributed by atoms with Crippen molar-refractivity contribution in [1.29, 1.82) is 0 Å². The average molecular weight is 351 g/mol. The van der Waals surface area contributed by atoms with Gasteiger partial charge in [-0.2, -0.15) is 0 Å². The summed E-state index contributed by atoms with van der Waals surface area (Å²) >= 11 is 5.12. The van der Waals surface area contributed by atoms with Crippen LogP contribution >= 0.6 is 12.2 Å². The molecule has 2 aromatic rings. The predicted molar refractivity (Wildman–Crippen MR) is 89.6 cm³/mol. The molecular weight excluding hydrogens is 334 g/mol. The Kier molecular flexibility index (Phi) is 5.72. The summed E-state index contributed by atoms with van der Waals surface area (Å²) in [5.74, 6) is 0.326. The molecule has 1 heterocycles. The average Bonchev–Trinajstić information content (AvgIpc) is 2.54. The maximum absolute atomic E-state index is 11.8. The number of nitrogens with two attached hydrogens (primary N) is 1. The van der Waals surface area contributed by atoms with Gasteiger partial charge in [0.05, 0.1) is 19.4 Å². The molecule has 0 atom stereocenters. The van der Waals surface area contributed by atoms with Gasteiger partial charge in [0.25, 0.3) is 5.56 Å². The molecule has 0 spiro atoms. The van der Waals surface area contributed by atoms with Crippen LogP contribution in [0.3, 0.4) is 0 Å². The Morgan fingerprint density at radius 3 is 2.79 bits per heavy atom. The Bertz CT molecular complexity index is 859. The third-order valence-electron chi connectivity index (χ3n) is 3.15. The van der Waals surface area contributed by atoms with Crippen LogP contribution in [-0.2, 0) is 11.3 Å². The third-order valence-corrected chi connectivity index (χ3v) is 3.48. The summed E-state index contributed by atoms with van der Waals surface area (Å²) in [7, 11) is 1.48. The highest BCUT2D eigenvalue weighted by Crippen LogP contribution is 2.33. The number of nitrogens with zero attached hydrogens (tertiary/aromatic N) is 1. The molecule has 0 aliphatic carbocycles. The number of hydrogen-bond donors (Lipinski definition) is 3. The molecule has 0 aliphatic rings. The molecule has 0 bridgehead atoms. The minimum atomic E-state index is -0.606. The summed E-state index contributed by atoms with van der Waals surface area (Å²) in [5, 5.41) is 8.87. The number of H-pyrrole nitrogens is 1. The number of carbonyl (C=O) groups is 1. The summed E-state index contributed by atoms with van der Waals surface area (Å²) in [6.07, 6.45) is 0. The summed E-state index contributed by atoms with van der Waals surface area (Å²) < 4.78 is 12.2. The highest BCUT2D eigenvalue weighted by atomic mass is 32.1. The van der Waals surface area contributed by atoms with Crippen LogP contribution < -0.4 is 20.8 Å². The molecule has 128 valence electrons. The number of carbonyl (C=O) groups excluding carboxylic acids is 1. The van der Waals surface area contributed by atoms with E-state index in [9.17, 15) is 9.59 Å². The zero-order valence-electron chi connectivity index (χ0n) is 12.9. The van der Waals surface area contributed by atoms with Crippen molar-refractivity contribution in [2.24, 2.45) is 5.73 Å². The van der Waals surface area contributed by atoms with Crippen LogP contribution in [0.1, 0.15) is 0 Å². The maximum Gasteiger partial charge on any atom is 0.252 e. The molecule has 4 N–H and O–H groups in total. The summed E-state index contributed by atoms with van der Waals surface area (Å²) in [5.41, 5.74) is 5.72. The van der Waals surface area contributed by atoms with Crippen molar-refractivity contribution in [2.45, 2.75) is 6.54 Å². The van der Waals surface area contributed by atoms with Crippen molar-refractivity contribution in [3.8, 4) is 22.8 Å². The molecule has 2 rings (SSSR count). The SMILES string of the molecule is COc1ccc(OCCO)cc1-c1cc(=O)[nH]c(=S)n1CC(N)=O. The fraction of sp³-hybridized carbons (Fsp3) is 0.267. The van der Waals surface area contributed by atoms with Crippen LogP contribution in [0.15, 0.2) is 29.1 Å². The number of benzene rings is 1. The van der Waals surface area contributed by atoms with Crippen molar-refractivity contribution in [3.63, 3.8) is 0 Å². The zero-order valence-corrected chi connectivity index (χ0v) is 13.8. The number of amides is 1. The number of aromatic nitrogens is 2. The topological polar surface area (TPSA) is 120 Å². The fourth-order valence-electron chi connectivity index (χ4n) is 2.20. The molecule has 24 heavy (non-hydrogen) atoms. The van der Waals surface area contributed by atoms with E-state index in [1.807, 2.05) is 0 Å². The van der Waals surface area contributed by atoms with E-state index in [0.717, 1.165) is 0 Å². The van der Waals surface area contributed by atoms with E-state index < -0.39 is 11.5 Å². The zero-order chi connectivity index (χ0) is 17.7. The van der Waals surface area contributed by atoms with Crippen molar-refractivity contribution in [1.82, 2.24) is 9.55 Å². The lowest BCUT2D eigenvalue weighted by molar-refractivity contribution is -0.118. The fourth-order valence-corrected chi connectivity index (χ4v) is 2.46. The second-order valence-electron chi connectivity index (χ2n) is 4.81. The van der Waals surface area contributed by atoms with Gasteiger partial charge in [-0.25, -0.2) is 0 Å². The molecule has 0 radical (unpaired) electrons. The Hall–Kier alpha value is -2.65. The first-order chi connectivity index (χ1) is 11.5. The van der Waals surface area contributed by atoms with Crippen LogP contribution in [-0.4, -0.2) is 40.9 Å². The van der Waals surface area contributed by atoms with E-state index in [4.69, 9.17) is 32.5 Å². The van der Waals surface area contributed by atoms with Gasteiger partial charge in [-0.05, 0) is 30.4 Å². The van der Waals surface area contributed by atoms with Crippen LogP contribution in [0.4, 0.5) is 0 Å². The Morgan fingerprint density at radius 2 is 2.17 bits per heavy atom. The number of methoxy groups -OCH3 is 1. The van der Waals surface area contributed by atoms with Gasteiger partial charge in [0.1, 0.15) is 24.7 Å². The molecule has 1 amide bonds. The number of ether oxygens (including phenoxy) is 2. The normalized spacial score (nSPS) is 10.4. The van der Waals surface area contributed by atoms with E-state index in [2.05, 4.69) is 4.98 Å². The lowest BCUT2D eigenvalue weighted by Gasteiger charge is -2.16. The largest absolute Gasteiger partial charge is 0.496 e. The lowest BCUT2D eigenvalue weighted by Crippen LogP contribution is -2.23. The van der Waals surface area contributed by atoms with Gasteiger partial charge in [0, 0.05) is 11.6 Å². The first-order valence-electron chi connectivity index (χ1n) is 7.00. The summed E-state index contributed by atoms with van der Waals surface area (Å²) in [4.78, 5) is 25.6. The minimum Gasteiger partial charge on any atom is -0.496 e. The Morgan fingerprint density at radius 1 is 1.42 bits per heavy atom. The minimum absolute atomic E-state index is 0.0695. The number of primary amides is 1. The second kappa shape index (κ2) is 7.75. The monoisotopic (exact) mass is 351 g/mol. The van der Waals surface area contributed by atoms with Crippen LogP contribution in [0.5, 0.6) is 11.5 Å². The van der Waals surface area contributed by atoms with E-state index in [1.165, 1.54) is 17.7 Å². The third kappa shape index (κ3) is 4.00. The van der Waals surface area contributed by atoms with Gasteiger partial charge >= 0.3 is 0 Å². The molecule has 0 saturated heterocycles. The number of aliphatic hydroxyl groups excluding tert-OH is 1. The number of rotatable bonds is 7. The van der Waals surface area contributed by atoms with Crippen molar-refractivity contribution < 1.29 is 19.4 Å². The van der Waals surface area contributed by atoms with Gasteiger partial charge in [-0.1, -0.05) is 0 Å². The molecule has 1 aromatic heterocycles. The molecule has 1 aromatic carbocycles. The molecular formula is C15H17N3O5S. The number of aliphatic hydroxyl groups is 1. The molecule has 9 heteroatoms. The highest BCUT2D eigenvalue weighted by molar-refractivity contribution is 7.71. The predicted octanol–water partition coefficient (Wildman–Crippen LogP) is 0.438. The molecule has 8 nitrogen and oxygen atoms in total. The molecule has 0 saturated carbocycles. The summed E-state index contributed by atoms with van der Waals surface area (Å²) in [6.45, 7) is -0.213. The Balaban J connectivity index is 2.67. The molecule has 0 aliphatic heterocycles. The van der Waals surface area contributed by atoms with Crippen molar-refractivity contribution in [2.75, 3.05) is 20.3 Å². The van der Waals surface area contributed by atoms with E-state index in [1.54, 1.807) is 18.2 Å². The quantitative estimate of drug-likeness (QED) is 0.623. The maximum atomic E-state index is 11.8. The number of nitrogens with one attached hydrogen (secondary N) is 1. The standard InChI is InChI=1S/C15H17N3O5S/c1-22-12-3-2-9(23-5-4-19)6-10(12)11-7-14(21)17-15(24)18(11)8-13(16)20/h2-3,6-7,19H,4-5,8H2,1H3,(H2,16,20)(H,17,21,24). The molecule has 0 fully saturated rings.